The summed E-state index contributed by atoms with van der Waals surface area (Å²) in [6, 6.07) is 10.0. The van der Waals surface area contributed by atoms with E-state index in [9.17, 15) is 0 Å². The van der Waals surface area contributed by atoms with Crippen LogP contribution in [0.2, 0.25) is 0 Å². The molecule has 1 aliphatic heterocycles. The summed E-state index contributed by atoms with van der Waals surface area (Å²) < 4.78 is 11.7. The van der Waals surface area contributed by atoms with Crippen molar-refractivity contribution in [2.75, 3.05) is 26.3 Å². The Morgan fingerprint density at radius 2 is 1.86 bits per heavy atom. The van der Waals surface area contributed by atoms with Crippen molar-refractivity contribution in [1.29, 1.82) is 0 Å². The molecule has 35 heavy (non-hydrogen) atoms. The minimum atomic E-state index is -0.0902. The second-order valence-electron chi connectivity index (χ2n) is 8.93. The minimum absolute atomic E-state index is 0.0902. The summed E-state index contributed by atoms with van der Waals surface area (Å²) in [4.78, 5) is 6.59. The van der Waals surface area contributed by atoms with Crippen LogP contribution in [0.5, 0.6) is 5.75 Å². The minimum Gasteiger partial charge on any atom is -0.486 e. The maximum Gasteiger partial charge on any atom is 0.122 e. The SMILES string of the molecule is Cc1cncc(C)c1C(C)Oc1ccc2[nH]nc(/C=C/c3ccc(CN4CCOCC4)nn3)c2c1. The molecule has 4 aromatic rings. The van der Waals surface area contributed by atoms with Gasteiger partial charge in [-0.25, -0.2) is 0 Å². The zero-order valence-electron chi connectivity index (χ0n) is 20.4. The number of ether oxygens (including phenoxy) is 2. The highest BCUT2D eigenvalue weighted by Gasteiger charge is 2.15. The van der Waals surface area contributed by atoms with Crippen molar-refractivity contribution in [2.45, 2.75) is 33.4 Å². The summed E-state index contributed by atoms with van der Waals surface area (Å²) in [5.41, 5.74) is 6.95. The van der Waals surface area contributed by atoms with Crippen LogP contribution in [0.25, 0.3) is 23.1 Å². The molecule has 180 valence electrons. The summed E-state index contributed by atoms with van der Waals surface area (Å²) in [6.07, 6.45) is 7.55. The van der Waals surface area contributed by atoms with Gasteiger partial charge >= 0.3 is 0 Å². The van der Waals surface area contributed by atoms with Crippen molar-refractivity contribution >= 4 is 23.1 Å². The van der Waals surface area contributed by atoms with Crippen LogP contribution in [0.4, 0.5) is 0 Å². The Labute approximate surface area is 205 Å². The number of nitrogens with zero attached hydrogens (tertiary/aromatic N) is 5. The van der Waals surface area contributed by atoms with Crippen molar-refractivity contribution in [1.82, 2.24) is 30.3 Å². The quantitative estimate of drug-likeness (QED) is 0.425. The molecule has 1 fully saturated rings. The van der Waals surface area contributed by atoms with Gasteiger partial charge in [-0.1, -0.05) is 0 Å². The first-order valence-electron chi connectivity index (χ1n) is 11.9. The Morgan fingerprint density at radius 3 is 2.60 bits per heavy atom. The number of fused-ring (bicyclic) bond motifs is 1. The van der Waals surface area contributed by atoms with Gasteiger partial charge in [0, 0.05) is 43.0 Å². The number of aromatic nitrogens is 5. The van der Waals surface area contributed by atoms with Gasteiger partial charge in [0.05, 0.1) is 35.8 Å². The van der Waals surface area contributed by atoms with E-state index in [1.807, 2.05) is 54.9 Å². The van der Waals surface area contributed by atoms with Crippen LogP contribution in [-0.4, -0.2) is 56.6 Å². The third-order valence-corrected chi connectivity index (χ3v) is 6.31. The molecule has 1 unspecified atom stereocenters. The Hall–Kier alpha value is -3.62. The lowest BCUT2D eigenvalue weighted by atomic mass is 10.0. The highest BCUT2D eigenvalue weighted by atomic mass is 16.5. The number of hydrogen-bond acceptors (Lipinski definition) is 7. The maximum atomic E-state index is 6.31. The predicted octanol–water partition coefficient (Wildman–Crippen LogP) is 4.51. The molecule has 3 aromatic heterocycles. The normalized spacial score (nSPS) is 15.6. The van der Waals surface area contributed by atoms with E-state index in [0.29, 0.717) is 0 Å². The van der Waals surface area contributed by atoms with Gasteiger partial charge in [0.2, 0.25) is 0 Å². The van der Waals surface area contributed by atoms with Crippen LogP contribution in [0.1, 0.15) is 46.8 Å². The number of hydrogen-bond donors (Lipinski definition) is 1. The summed E-state index contributed by atoms with van der Waals surface area (Å²) >= 11 is 0. The van der Waals surface area contributed by atoms with Gasteiger partial charge in [0.15, 0.2) is 0 Å². The summed E-state index contributed by atoms with van der Waals surface area (Å²) in [5, 5.41) is 17.3. The van der Waals surface area contributed by atoms with Crippen molar-refractivity contribution in [2.24, 2.45) is 0 Å². The second-order valence-corrected chi connectivity index (χ2v) is 8.93. The fourth-order valence-electron chi connectivity index (χ4n) is 4.53. The van der Waals surface area contributed by atoms with Crippen LogP contribution in [-0.2, 0) is 11.3 Å². The molecule has 0 aliphatic carbocycles. The van der Waals surface area contributed by atoms with E-state index in [0.717, 1.165) is 77.7 Å². The summed E-state index contributed by atoms with van der Waals surface area (Å²) in [6.45, 7) is 10.4. The third kappa shape index (κ3) is 5.39. The molecular formula is C27H30N6O2. The number of pyridine rings is 1. The van der Waals surface area contributed by atoms with E-state index in [-0.39, 0.29) is 6.10 Å². The molecule has 0 saturated carbocycles. The van der Waals surface area contributed by atoms with Gasteiger partial charge < -0.3 is 9.47 Å². The van der Waals surface area contributed by atoms with E-state index in [1.54, 1.807) is 0 Å². The Morgan fingerprint density at radius 1 is 1.06 bits per heavy atom. The first-order chi connectivity index (χ1) is 17.1. The molecule has 1 aliphatic rings. The summed E-state index contributed by atoms with van der Waals surface area (Å²) in [7, 11) is 0. The molecule has 1 N–H and O–H groups in total. The Bertz CT molecular complexity index is 1310. The topological polar surface area (TPSA) is 89.0 Å². The molecule has 1 aromatic carbocycles. The van der Waals surface area contributed by atoms with Gasteiger partial charge in [-0.2, -0.15) is 15.3 Å². The van der Waals surface area contributed by atoms with Crippen LogP contribution >= 0.6 is 0 Å². The van der Waals surface area contributed by atoms with Crippen LogP contribution in [0, 0.1) is 13.8 Å². The van der Waals surface area contributed by atoms with E-state index in [1.165, 1.54) is 5.56 Å². The number of aryl methyl sites for hydroxylation is 2. The number of nitrogens with one attached hydrogen (secondary N) is 1. The van der Waals surface area contributed by atoms with Gasteiger partial charge in [-0.15, -0.1) is 0 Å². The molecule has 1 atom stereocenters. The monoisotopic (exact) mass is 470 g/mol. The molecule has 0 spiro atoms. The van der Waals surface area contributed by atoms with Crippen LogP contribution in [0.3, 0.4) is 0 Å². The van der Waals surface area contributed by atoms with E-state index in [2.05, 4.69) is 51.0 Å². The van der Waals surface area contributed by atoms with Crippen molar-refractivity contribution in [3.05, 3.63) is 76.5 Å². The Kier molecular flexibility index (Phi) is 6.83. The van der Waals surface area contributed by atoms with Gasteiger partial charge in [-0.05, 0) is 74.4 Å². The lowest BCUT2D eigenvalue weighted by Gasteiger charge is -2.25. The molecule has 8 nitrogen and oxygen atoms in total. The molecule has 0 bridgehead atoms. The average molecular weight is 471 g/mol. The molecule has 0 amide bonds. The van der Waals surface area contributed by atoms with Crippen LogP contribution in [0.15, 0.2) is 42.7 Å². The number of benzene rings is 1. The molecular weight excluding hydrogens is 440 g/mol. The largest absolute Gasteiger partial charge is 0.486 e. The lowest BCUT2D eigenvalue weighted by molar-refractivity contribution is 0.0335. The van der Waals surface area contributed by atoms with Gasteiger partial charge in [0.25, 0.3) is 0 Å². The number of H-pyrrole nitrogens is 1. The first-order valence-corrected chi connectivity index (χ1v) is 11.9. The molecule has 4 heterocycles. The van der Waals surface area contributed by atoms with Crippen molar-refractivity contribution in [3.8, 4) is 5.75 Å². The smallest absolute Gasteiger partial charge is 0.122 e. The predicted molar refractivity (Wildman–Crippen MR) is 136 cm³/mol. The number of rotatable bonds is 7. The highest BCUT2D eigenvalue weighted by molar-refractivity contribution is 5.90. The van der Waals surface area contributed by atoms with E-state index in [4.69, 9.17) is 9.47 Å². The zero-order chi connectivity index (χ0) is 24.2. The first kappa shape index (κ1) is 23.1. The van der Waals surface area contributed by atoms with Crippen molar-refractivity contribution in [3.63, 3.8) is 0 Å². The van der Waals surface area contributed by atoms with Gasteiger partial charge in [0.1, 0.15) is 11.9 Å². The van der Waals surface area contributed by atoms with E-state index >= 15 is 0 Å². The summed E-state index contributed by atoms with van der Waals surface area (Å²) in [5.74, 6) is 0.795. The van der Waals surface area contributed by atoms with Gasteiger partial charge in [-0.3, -0.25) is 15.0 Å². The fraction of sp³-hybridized carbons (Fsp3) is 0.333. The van der Waals surface area contributed by atoms with Crippen molar-refractivity contribution < 1.29 is 9.47 Å². The maximum absolute atomic E-state index is 6.31. The molecule has 5 rings (SSSR count). The lowest BCUT2D eigenvalue weighted by Crippen LogP contribution is -2.35. The standard InChI is InChI=1S/C27H30N6O2/c1-18-15-28-16-19(2)27(18)20(3)35-23-7-9-26-24(14-23)25(31-32-26)8-6-21-4-5-22(30-29-21)17-33-10-12-34-13-11-33/h4-9,14-16,20H,10-13,17H2,1-3H3,(H,31,32)/b8-6+. The second kappa shape index (κ2) is 10.3. The molecule has 0 radical (unpaired) electrons. The molecule has 1 saturated heterocycles. The van der Waals surface area contributed by atoms with Crippen LogP contribution < -0.4 is 4.74 Å². The fourth-order valence-corrected chi connectivity index (χ4v) is 4.53. The molecule has 8 heteroatoms. The highest BCUT2D eigenvalue weighted by Crippen LogP contribution is 2.29. The third-order valence-electron chi connectivity index (χ3n) is 6.31. The zero-order valence-corrected chi connectivity index (χ0v) is 20.4. The average Bonchev–Trinajstić information content (AvgIpc) is 3.26. The number of aromatic amines is 1. The Balaban J connectivity index is 1.29. The number of morpholine rings is 1. The van der Waals surface area contributed by atoms with E-state index < -0.39 is 0 Å².